The Bertz CT molecular complexity index is 1030. The van der Waals surface area contributed by atoms with E-state index in [0.717, 1.165) is 16.7 Å². The van der Waals surface area contributed by atoms with Gasteiger partial charge in [-0.3, -0.25) is 4.79 Å². The molecular weight excluding hydrogens is 326 g/mol. The highest BCUT2D eigenvalue weighted by Gasteiger charge is 2.12. The highest BCUT2D eigenvalue weighted by molar-refractivity contribution is 6.04. The van der Waals surface area contributed by atoms with E-state index in [0.29, 0.717) is 17.0 Å². The van der Waals surface area contributed by atoms with Crippen LogP contribution in [0.15, 0.2) is 83.3 Å². The van der Waals surface area contributed by atoms with Crippen molar-refractivity contribution in [3.8, 4) is 11.5 Å². The minimum Gasteiger partial charge on any atom is -0.457 e. The van der Waals surface area contributed by atoms with E-state index >= 15 is 0 Å². The number of amides is 1. The molecule has 4 heteroatoms. The smallest absolute Gasteiger partial charge is 0.291 e. The summed E-state index contributed by atoms with van der Waals surface area (Å²) in [5.41, 5.74) is 2.50. The lowest BCUT2D eigenvalue weighted by molar-refractivity contribution is 0.0998. The molecule has 0 unspecified atom stereocenters. The Morgan fingerprint density at radius 1 is 0.885 bits per heavy atom. The summed E-state index contributed by atoms with van der Waals surface area (Å²) < 4.78 is 11.4. The molecule has 0 aliphatic heterocycles. The molecule has 4 nitrogen and oxygen atoms in total. The zero-order valence-electron chi connectivity index (χ0n) is 14.2. The van der Waals surface area contributed by atoms with Gasteiger partial charge in [-0.2, -0.15) is 0 Å². The van der Waals surface area contributed by atoms with Crippen LogP contribution >= 0.6 is 0 Å². The molecule has 1 N–H and O–H groups in total. The van der Waals surface area contributed by atoms with Gasteiger partial charge in [-0.25, -0.2) is 0 Å². The number of anilines is 1. The molecule has 0 saturated carbocycles. The third-order valence-corrected chi connectivity index (χ3v) is 3.99. The molecular formula is C22H17NO3. The quantitative estimate of drug-likeness (QED) is 0.510. The number of aryl methyl sites for hydroxylation is 1. The van der Waals surface area contributed by atoms with Crippen LogP contribution in [0.2, 0.25) is 0 Å². The normalized spacial score (nSPS) is 10.7. The summed E-state index contributed by atoms with van der Waals surface area (Å²) in [5.74, 6) is 1.49. The summed E-state index contributed by atoms with van der Waals surface area (Å²) in [6.07, 6.45) is 0. The fourth-order valence-electron chi connectivity index (χ4n) is 2.71. The number of hydrogen-bond donors (Lipinski definition) is 1. The number of fused-ring (bicyclic) bond motifs is 1. The van der Waals surface area contributed by atoms with E-state index in [9.17, 15) is 4.79 Å². The lowest BCUT2D eigenvalue weighted by atomic mass is 10.2. The van der Waals surface area contributed by atoms with Crippen LogP contribution in [0.1, 0.15) is 16.1 Å². The van der Waals surface area contributed by atoms with Crippen LogP contribution < -0.4 is 10.1 Å². The van der Waals surface area contributed by atoms with Crippen LogP contribution in [0.5, 0.6) is 11.5 Å². The number of nitrogens with one attached hydrogen (secondary N) is 1. The Balaban J connectivity index is 1.45. The zero-order chi connectivity index (χ0) is 17.9. The average Bonchev–Trinajstić information content (AvgIpc) is 3.08. The second-order valence-electron chi connectivity index (χ2n) is 6.05. The number of carbonyl (C=O) groups is 1. The third-order valence-electron chi connectivity index (χ3n) is 3.99. The number of ether oxygens (including phenoxy) is 1. The standard InChI is InChI=1S/C22H17NO3/c1-15-5-4-7-19(13-15)25-18-11-9-17(10-12-18)23-22(24)21-14-16-6-2-3-8-20(16)26-21/h2-14H,1H3,(H,23,24). The van der Waals surface area contributed by atoms with Crippen LogP contribution in [0, 0.1) is 6.92 Å². The molecule has 0 atom stereocenters. The van der Waals surface area contributed by atoms with E-state index in [1.54, 1.807) is 18.2 Å². The van der Waals surface area contributed by atoms with Gasteiger partial charge in [0.15, 0.2) is 5.76 Å². The molecule has 0 fully saturated rings. The summed E-state index contributed by atoms with van der Waals surface area (Å²) >= 11 is 0. The van der Waals surface area contributed by atoms with Crippen molar-refractivity contribution in [3.63, 3.8) is 0 Å². The molecule has 1 aromatic heterocycles. The Morgan fingerprint density at radius 3 is 2.46 bits per heavy atom. The van der Waals surface area contributed by atoms with Gasteiger partial charge in [0.2, 0.25) is 0 Å². The summed E-state index contributed by atoms with van der Waals surface area (Å²) in [5, 5.41) is 3.73. The Morgan fingerprint density at radius 2 is 1.69 bits per heavy atom. The summed E-state index contributed by atoms with van der Waals surface area (Å²) in [7, 11) is 0. The summed E-state index contributed by atoms with van der Waals surface area (Å²) in [4.78, 5) is 12.4. The topological polar surface area (TPSA) is 51.5 Å². The SMILES string of the molecule is Cc1cccc(Oc2ccc(NC(=O)c3cc4ccccc4o3)cc2)c1. The average molecular weight is 343 g/mol. The molecule has 0 bridgehead atoms. The van der Waals surface area contributed by atoms with Gasteiger partial charge < -0.3 is 14.5 Å². The van der Waals surface area contributed by atoms with E-state index in [-0.39, 0.29) is 11.7 Å². The second-order valence-corrected chi connectivity index (χ2v) is 6.05. The maximum atomic E-state index is 12.4. The first kappa shape index (κ1) is 16.0. The first-order valence-corrected chi connectivity index (χ1v) is 8.32. The van der Waals surface area contributed by atoms with Crippen molar-refractivity contribution < 1.29 is 13.9 Å². The number of furan rings is 1. The number of benzene rings is 3. The Labute approximate surface area is 151 Å². The molecule has 0 aliphatic rings. The Kier molecular flexibility index (Phi) is 4.15. The van der Waals surface area contributed by atoms with Gasteiger partial charge in [0, 0.05) is 11.1 Å². The van der Waals surface area contributed by atoms with E-state index in [2.05, 4.69) is 5.32 Å². The molecule has 128 valence electrons. The zero-order valence-corrected chi connectivity index (χ0v) is 14.2. The minimum atomic E-state index is -0.284. The number of carbonyl (C=O) groups excluding carboxylic acids is 1. The molecule has 0 spiro atoms. The Hall–Kier alpha value is -3.53. The number of para-hydroxylation sites is 1. The maximum Gasteiger partial charge on any atom is 0.291 e. The number of rotatable bonds is 4. The van der Waals surface area contributed by atoms with Crippen LogP contribution in [0.4, 0.5) is 5.69 Å². The van der Waals surface area contributed by atoms with Crippen LogP contribution in [0.25, 0.3) is 11.0 Å². The molecule has 3 aromatic carbocycles. The van der Waals surface area contributed by atoms with E-state index in [1.165, 1.54) is 0 Å². The molecule has 0 saturated heterocycles. The van der Waals surface area contributed by atoms with Crippen LogP contribution in [0.3, 0.4) is 0 Å². The van der Waals surface area contributed by atoms with Crippen LogP contribution in [-0.4, -0.2) is 5.91 Å². The first-order chi connectivity index (χ1) is 12.7. The van der Waals surface area contributed by atoms with Gasteiger partial charge in [-0.1, -0.05) is 30.3 Å². The fourth-order valence-corrected chi connectivity index (χ4v) is 2.71. The van der Waals surface area contributed by atoms with Gasteiger partial charge in [0.1, 0.15) is 17.1 Å². The predicted octanol–water partition coefficient (Wildman–Crippen LogP) is 5.79. The monoisotopic (exact) mass is 343 g/mol. The molecule has 1 amide bonds. The van der Waals surface area contributed by atoms with E-state index in [1.807, 2.05) is 67.6 Å². The predicted molar refractivity (Wildman–Crippen MR) is 102 cm³/mol. The molecule has 26 heavy (non-hydrogen) atoms. The van der Waals surface area contributed by atoms with Crippen molar-refractivity contribution in [2.75, 3.05) is 5.32 Å². The van der Waals surface area contributed by atoms with E-state index in [4.69, 9.17) is 9.15 Å². The van der Waals surface area contributed by atoms with Gasteiger partial charge in [-0.05, 0) is 61.0 Å². The lowest BCUT2D eigenvalue weighted by Crippen LogP contribution is -2.10. The van der Waals surface area contributed by atoms with Gasteiger partial charge >= 0.3 is 0 Å². The van der Waals surface area contributed by atoms with Gasteiger partial charge in [0.05, 0.1) is 0 Å². The minimum absolute atomic E-state index is 0.284. The van der Waals surface area contributed by atoms with Gasteiger partial charge in [0.25, 0.3) is 5.91 Å². The van der Waals surface area contributed by atoms with Crippen molar-refractivity contribution >= 4 is 22.6 Å². The van der Waals surface area contributed by atoms with Crippen molar-refractivity contribution in [3.05, 3.63) is 90.2 Å². The molecule has 1 heterocycles. The van der Waals surface area contributed by atoms with Crippen molar-refractivity contribution in [2.24, 2.45) is 0 Å². The highest BCUT2D eigenvalue weighted by Crippen LogP contribution is 2.24. The van der Waals surface area contributed by atoms with Crippen molar-refractivity contribution in [2.45, 2.75) is 6.92 Å². The van der Waals surface area contributed by atoms with E-state index < -0.39 is 0 Å². The maximum absolute atomic E-state index is 12.4. The number of hydrogen-bond acceptors (Lipinski definition) is 3. The van der Waals surface area contributed by atoms with Crippen molar-refractivity contribution in [1.29, 1.82) is 0 Å². The first-order valence-electron chi connectivity index (χ1n) is 8.32. The molecule has 4 aromatic rings. The summed E-state index contributed by atoms with van der Waals surface area (Å²) in [6, 6.07) is 24.3. The fraction of sp³-hybridized carbons (Fsp3) is 0.0455. The largest absolute Gasteiger partial charge is 0.457 e. The molecule has 0 aliphatic carbocycles. The van der Waals surface area contributed by atoms with Gasteiger partial charge in [-0.15, -0.1) is 0 Å². The highest BCUT2D eigenvalue weighted by atomic mass is 16.5. The van der Waals surface area contributed by atoms with Crippen LogP contribution in [-0.2, 0) is 0 Å². The molecule has 0 radical (unpaired) electrons. The molecule has 4 rings (SSSR count). The summed E-state index contributed by atoms with van der Waals surface area (Å²) in [6.45, 7) is 2.02. The lowest BCUT2D eigenvalue weighted by Gasteiger charge is -2.08. The second kappa shape index (κ2) is 6.76. The third kappa shape index (κ3) is 3.44. The van der Waals surface area contributed by atoms with Crippen molar-refractivity contribution in [1.82, 2.24) is 0 Å².